The van der Waals surface area contributed by atoms with E-state index >= 15 is 0 Å². The minimum absolute atomic E-state index is 0.173. The number of thiazole rings is 1. The fourth-order valence-electron chi connectivity index (χ4n) is 4.34. The van der Waals surface area contributed by atoms with Gasteiger partial charge in [-0.15, -0.1) is 0 Å². The molecule has 0 N–H and O–H groups in total. The molecule has 0 spiro atoms. The van der Waals surface area contributed by atoms with Crippen LogP contribution >= 0.6 is 22.9 Å². The lowest BCUT2D eigenvalue weighted by Crippen LogP contribution is -2.39. The average molecular weight is 563 g/mol. The van der Waals surface area contributed by atoms with Crippen molar-refractivity contribution in [3.05, 3.63) is 131 Å². The summed E-state index contributed by atoms with van der Waals surface area (Å²) in [6.45, 7) is 3.97. The molecule has 3 aromatic carbocycles. The van der Waals surface area contributed by atoms with Crippen LogP contribution < -0.4 is 19.6 Å². The molecule has 0 unspecified atom stereocenters. The maximum atomic E-state index is 13.7. The van der Waals surface area contributed by atoms with Crippen LogP contribution in [0.25, 0.3) is 6.08 Å². The third kappa shape index (κ3) is 5.72. The summed E-state index contributed by atoms with van der Waals surface area (Å²) in [5, 5.41) is 0.661. The van der Waals surface area contributed by atoms with Crippen molar-refractivity contribution >= 4 is 35.0 Å². The van der Waals surface area contributed by atoms with E-state index in [0.29, 0.717) is 38.0 Å². The molecule has 1 aromatic heterocycles. The molecule has 0 radical (unpaired) electrons. The molecular formula is C30H24ClFN2O4S. The predicted molar refractivity (Wildman–Crippen MR) is 149 cm³/mol. The molecule has 0 amide bonds. The van der Waals surface area contributed by atoms with Crippen molar-refractivity contribution in [2.75, 3.05) is 6.61 Å². The number of allylic oxidation sites excluding steroid dienone is 1. The van der Waals surface area contributed by atoms with E-state index in [0.717, 1.165) is 11.1 Å². The second-order valence-corrected chi connectivity index (χ2v) is 10.3. The second kappa shape index (κ2) is 11.4. The summed E-state index contributed by atoms with van der Waals surface area (Å²) in [7, 11) is 0. The highest BCUT2D eigenvalue weighted by molar-refractivity contribution is 7.07. The van der Waals surface area contributed by atoms with Gasteiger partial charge in [0.25, 0.3) is 5.56 Å². The highest BCUT2D eigenvalue weighted by Crippen LogP contribution is 2.30. The van der Waals surface area contributed by atoms with Gasteiger partial charge in [-0.1, -0.05) is 59.3 Å². The number of hydrogen-bond donors (Lipinski definition) is 0. The lowest BCUT2D eigenvalue weighted by atomic mass is 9.96. The fourth-order valence-corrected chi connectivity index (χ4v) is 5.52. The molecule has 0 aliphatic carbocycles. The zero-order valence-electron chi connectivity index (χ0n) is 21.2. The molecule has 39 heavy (non-hydrogen) atoms. The molecule has 0 bridgehead atoms. The summed E-state index contributed by atoms with van der Waals surface area (Å²) in [5.74, 6) is -0.327. The molecule has 0 saturated carbocycles. The third-order valence-electron chi connectivity index (χ3n) is 6.18. The number of aromatic nitrogens is 1. The van der Waals surface area contributed by atoms with Crippen LogP contribution in [0.2, 0.25) is 5.02 Å². The first kappa shape index (κ1) is 26.6. The van der Waals surface area contributed by atoms with Gasteiger partial charge in [0.05, 0.1) is 28.5 Å². The Morgan fingerprint density at radius 3 is 2.59 bits per heavy atom. The van der Waals surface area contributed by atoms with Crippen molar-refractivity contribution in [1.29, 1.82) is 0 Å². The zero-order chi connectivity index (χ0) is 27.5. The largest absolute Gasteiger partial charge is 0.489 e. The van der Waals surface area contributed by atoms with Gasteiger partial charge in [0.1, 0.15) is 18.2 Å². The van der Waals surface area contributed by atoms with Gasteiger partial charge in [-0.05, 0) is 73.0 Å². The van der Waals surface area contributed by atoms with Crippen LogP contribution in [0.4, 0.5) is 4.39 Å². The van der Waals surface area contributed by atoms with Gasteiger partial charge in [0.15, 0.2) is 4.80 Å². The second-order valence-electron chi connectivity index (χ2n) is 8.84. The number of nitrogens with zero attached hydrogens (tertiary/aromatic N) is 2. The van der Waals surface area contributed by atoms with E-state index in [1.54, 1.807) is 32.1 Å². The SMILES string of the molecule is CCOC(=O)C1=C(C)N=c2s/c(=C/c3cccc(OCc4ccc(Cl)cc4)c3)c(=O)n2[C@@H]1c1ccc(F)cc1. The molecule has 6 nitrogen and oxygen atoms in total. The fraction of sp³-hybridized carbons (Fsp3) is 0.167. The number of fused-ring (bicyclic) bond motifs is 1. The molecule has 198 valence electrons. The number of benzene rings is 3. The summed E-state index contributed by atoms with van der Waals surface area (Å²) >= 11 is 7.18. The Morgan fingerprint density at radius 2 is 1.87 bits per heavy atom. The summed E-state index contributed by atoms with van der Waals surface area (Å²) in [5.41, 5.74) is 2.72. The van der Waals surface area contributed by atoms with Crippen LogP contribution in [0, 0.1) is 5.82 Å². The number of carbonyl (C=O) groups is 1. The minimum Gasteiger partial charge on any atom is -0.489 e. The Hall–Kier alpha value is -4.01. The number of ether oxygens (including phenoxy) is 2. The number of hydrogen-bond acceptors (Lipinski definition) is 6. The highest BCUT2D eigenvalue weighted by atomic mass is 35.5. The molecule has 1 aliphatic heterocycles. The first-order valence-electron chi connectivity index (χ1n) is 12.3. The molecule has 1 atom stereocenters. The molecule has 2 heterocycles. The Morgan fingerprint density at radius 1 is 1.13 bits per heavy atom. The lowest BCUT2D eigenvalue weighted by molar-refractivity contribution is -0.139. The molecule has 9 heteroatoms. The van der Waals surface area contributed by atoms with Gasteiger partial charge < -0.3 is 9.47 Å². The summed E-state index contributed by atoms with van der Waals surface area (Å²) in [6.07, 6.45) is 1.77. The summed E-state index contributed by atoms with van der Waals surface area (Å²) < 4.78 is 26.9. The molecule has 0 saturated heterocycles. The van der Waals surface area contributed by atoms with E-state index in [4.69, 9.17) is 21.1 Å². The topological polar surface area (TPSA) is 69.9 Å². The summed E-state index contributed by atoms with van der Waals surface area (Å²) in [6, 6.07) is 19.8. The van der Waals surface area contributed by atoms with E-state index in [1.807, 2.05) is 48.5 Å². The van der Waals surface area contributed by atoms with E-state index in [2.05, 4.69) is 4.99 Å². The standard InChI is InChI=1S/C30H24ClFN2O4S/c1-3-37-29(36)26-18(2)33-30-34(27(26)21-9-13-23(32)14-10-21)28(35)25(39-30)16-20-5-4-6-24(15-20)38-17-19-7-11-22(31)12-8-19/h4-16,27H,3,17H2,1-2H3/b25-16+/t27-/m1/s1. The van der Waals surface area contributed by atoms with Crippen LogP contribution in [0.3, 0.4) is 0 Å². The normalized spacial score (nSPS) is 15.1. The Kier molecular flexibility index (Phi) is 7.77. The molecule has 1 aliphatic rings. The van der Waals surface area contributed by atoms with Crippen molar-refractivity contribution < 1.29 is 18.7 Å². The highest BCUT2D eigenvalue weighted by Gasteiger charge is 2.33. The quantitative estimate of drug-likeness (QED) is 0.291. The van der Waals surface area contributed by atoms with Gasteiger partial charge in [0, 0.05) is 5.02 Å². The van der Waals surface area contributed by atoms with Crippen molar-refractivity contribution in [2.45, 2.75) is 26.5 Å². The monoisotopic (exact) mass is 562 g/mol. The van der Waals surface area contributed by atoms with Gasteiger partial charge in [-0.25, -0.2) is 14.2 Å². The lowest BCUT2D eigenvalue weighted by Gasteiger charge is -2.24. The first-order valence-corrected chi connectivity index (χ1v) is 13.5. The van der Waals surface area contributed by atoms with E-state index in [1.165, 1.54) is 28.0 Å². The maximum absolute atomic E-state index is 13.7. The maximum Gasteiger partial charge on any atom is 0.338 e. The molecule has 4 aromatic rings. The third-order valence-corrected chi connectivity index (χ3v) is 7.41. The number of halogens is 2. The van der Waals surface area contributed by atoms with Crippen molar-refractivity contribution in [3.63, 3.8) is 0 Å². The van der Waals surface area contributed by atoms with Crippen LogP contribution in [-0.2, 0) is 16.1 Å². The predicted octanol–water partition coefficient (Wildman–Crippen LogP) is 5.17. The molecule has 0 fully saturated rings. The zero-order valence-corrected chi connectivity index (χ0v) is 22.8. The first-order chi connectivity index (χ1) is 18.8. The smallest absolute Gasteiger partial charge is 0.338 e. The van der Waals surface area contributed by atoms with Gasteiger partial charge >= 0.3 is 5.97 Å². The van der Waals surface area contributed by atoms with Crippen molar-refractivity contribution in [2.24, 2.45) is 4.99 Å². The summed E-state index contributed by atoms with van der Waals surface area (Å²) in [4.78, 5) is 31.7. The van der Waals surface area contributed by atoms with Gasteiger partial charge in [-0.2, -0.15) is 0 Å². The van der Waals surface area contributed by atoms with E-state index in [9.17, 15) is 14.0 Å². The average Bonchev–Trinajstić information content (AvgIpc) is 3.22. The van der Waals surface area contributed by atoms with E-state index < -0.39 is 17.8 Å². The molecular weight excluding hydrogens is 539 g/mol. The van der Waals surface area contributed by atoms with Crippen molar-refractivity contribution in [3.8, 4) is 5.75 Å². The van der Waals surface area contributed by atoms with Crippen LogP contribution in [0.1, 0.15) is 36.6 Å². The van der Waals surface area contributed by atoms with Crippen LogP contribution in [-0.4, -0.2) is 17.1 Å². The van der Waals surface area contributed by atoms with Crippen molar-refractivity contribution in [1.82, 2.24) is 4.57 Å². The van der Waals surface area contributed by atoms with Gasteiger partial charge in [-0.3, -0.25) is 9.36 Å². The van der Waals surface area contributed by atoms with Crippen LogP contribution in [0.5, 0.6) is 5.75 Å². The Bertz CT molecular complexity index is 1740. The number of carbonyl (C=O) groups excluding carboxylic acids is 1. The number of esters is 1. The van der Waals surface area contributed by atoms with E-state index in [-0.39, 0.29) is 17.7 Å². The minimum atomic E-state index is -0.794. The Balaban J connectivity index is 1.53. The Labute approximate surface area is 232 Å². The van der Waals surface area contributed by atoms with Crippen LogP contribution in [0.15, 0.2) is 93.9 Å². The van der Waals surface area contributed by atoms with Gasteiger partial charge in [0.2, 0.25) is 0 Å². The molecule has 5 rings (SSSR count). The number of rotatable bonds is 7.